The summed E-state index contributed by atoms with van der Waals surface area (Å²) in [6.45, 7) is 7.59. The SMILES string of the molecule is CCNC(=O)C(C)N(Cc1ccc(OC)cc1)C(=O)CN(c1ccc(OCC)cc1)S(=O)(=O)c1ccc(C)cc1. The van der Waals surface area contributed by atoms with Gasteiger partial charge in [-0.2, -0.15) is 0 Å². The van der Waals surface area contributed by atoms with E-state index in [1.54, 1.807) is 81.6 Å². The Hall–Kier alpha value is -4.05. The third-order valence-corrected chi connectivity index (χ3v) is 8.14. The van der Waals surface area contributed by atoms with E-state index in [-0.39, 0.29) is 17.3 Å². The van der Waals surface area contributed by atoms with Crippen LogP contribution in [0.1, 0.15) is 31.9 Å². The molecule has 0 aliphatic rings. The van der Waals surface area contributed by atoms with Crippen molar-refractivity contribution in [1.82, 2.24) is 10.2 Å². The van der Waals surface area contributed by atoms with Crippen LogP contribution in [0.3, 0.4) is 0 Å². The van der Waals surface area contributed by atoms with Crippen molar-refractivity contribution >= 4 is 27.5 Å². The minimum Gasteiger partial charge on any atom is -0.497 e. The Kier molecular flexibility index (Phi) is 10.6. The van der Waals surface area contributed by atoms with Crippen molar-refractivity contribution in [3.8, 4) is 11.5 Å². The average molecular weight is 568 g/mol. The maximum Gasteiger partial charge on any atom is 0.264 e. The normalized spacial score (nSPS) is 11.8. The van der Waals surface area contributed by atoms with Gasteiger partial charge in [0.1, 0.15) is 24.1 Å². The number of methoxy groups -OCH3 is 1. The molecule has 0 heterocycles. The molecule has 0 aliphatic heterocycles. The summed E-state index contributed by atoms with van der Waals surface area (Å²) in [6, 6.07) is 19.3. The van der Waals surface area contributed by atoms with Crippen LogP contribution in [-0.2, 0) is 26.2 Å². The summed E-state index contributed by atoms with van der Waals surface area (Å²) in [7, 11) is -2.57. The summed E-state index contributed by atoms with van der Waals surface area (Å²) < 4.78 is 39.6. The van der Waals surface area contributed by atoms with Gasteiger partial charge in [0.15, 0.2) is 0 Å². The van der Waals surface area contributed by atoms with E-state index in [2.05, 4.69) is 5.32 Å². The van der Waals surface area contributed by atoms with Crippen LogP contribution in [0.5, 0.6) is 11.5 Å². The second-order valence-corrected chi connectivity index (χ2v) is 11.1. The molecule has 0 saturated carbocycles. The number of sulfonamides is 1. The third kappa shape index (κ3) is 7.53. The summed E-state index contributed by atoms with van der Waals surface area (Å²) in [5, 5.41) is 2.75. The van der Waals surface area contributed by atoms with Gasteiger partial charge in [0.2, 0.25) is 11.8 Å². The van der Waals surface area contributed by atoms with Crippen molar-refractivity contribution in [2.75, 3.05) is 31.1 Å². The van der Waals surface area contributed by atoms with Crippen LogP contribution >= 0.6 is 0 Å². The maximum absolute atomic E-state index is 13.9. The van der Waals surface area contributed by atoms with Gasteiger partial charge in [0, 0.05) is 13.1 Å². The van der Waals surface area contributed by atoms with E-state index in [0.29, 0.717) is 30.3 Å². The number of nitrogens with zero attached hydrogens (tertiary/aromatic N) is 2. The van der Waals surface area contributed by atoms with Crippen LogP contribution in [0, 0.1) is 6.92 Å². The molecule has 3 rings (SSSR count). The Labute approximate surface area is 236 Å². The number of ether oxygens (including phenoxy) is 2. The number of carbonyl (C=O) groups excluding carboxylic acids is 2. The second-order valence-electron chi connectivity index (χ2n) is 9.19. The van der Waals surface area contributed by atoms with Crippen molar-refractivity contribution < 1.29 is 27.5 Å². The molecule has 0 aliphatic carbocycles. The van der Waals surface area contributed by atoms with Gasteiger partial charge in [0.25, 0.3) is 10.0 Å². The van der Waals surface area contributed by atoms with E-state index in [0.717, 1.165) is 15.4 Å². The topological polar surface area (TPSA) is 105 Å². The van der Waals surface area contributed by atoms with Gasteiger partial charge in [-0.15, -0.1) is 0 Å². The molecular weight excluding hydrogens is 530 g/mol. The summed E-state index contributed by atoms with van der Waals surface area (Å²) in [4.78, 5) is 28.2. The Bertz CT molecular complexity index is 1370. The Morgan fingerprint density at radius 3 is 2.05 bits per heavy atom. The molecule has 0 radical (unpaired) electrons. The van der Waals surface area contributed by atoms with Gasteiger partial charge in [0.05, 0.1) is 24.3 Å². The van der Waals surface area contributed by atoms with Crippen LogP contribution in [0.25, 0.3) is 0 Å². The lowest BCUT2D eigenvalue weighted by molar-refractivity contribution is -0.139. The van der Waals surface area contributed by atoms with Crippen molar-refractivity contribution in [3.05, 3.63) is 83.9 Å². The first kappa shape index (κ1) is 30.5. The highest BCUT2D eigenvalue weighted by Gasteiger charge is 2.32. The molecule has 1 N–H and O–H groups in total. The highest BCUT2D eigenvalue weighted by molar-refractivity contribution is 7.92. The van der Waals surface area contributed by atoms with Gasteiger partial charge in [-0.05, 0) is 81.8 Å². The number of hydrogen-bond donors (Lipinski definition) is 1. The predicted octanol–water partition coefficient (Wildman–Crippen LogP) is 4.15. The molecule has 0 saturated heterocycles. The molecule has 0 fully saturated rings. The molecule has 0 aromatic heterocycles. The summed E-state index contributed by atoms with van der Waals surface area (Å²) in [5.41, 5.74) is 1.97. The fraction of sp³-hybridized carbons (Fsp3) is 0.333. The fourth-order valence-corrected chi connectivity index (χ4v) is 5.49. The first-order chi connectivity index (χ1) is 19.1. The molecule has 0 spiro atoms. The molecule has 10 heteroatoms. The molecule has 2 amide bonds. The Morgan fingerprint density at radius 2 is 1.50 bits per heavy atom. The molecule has 0 bridgehead atoms. The summed E-state index contributed by atoms with van der Waals surface area (Å²) in [6.07, 6.45) is 0. The lowest BCUT2D eigenvalue weighted by Gasteiger charge is -2.32. The number of carbonyl (C=O) groups is 2. The van der Waals surface area contributed by atoms with Crippen LogP contribution < -0.4 is 19.1 Å². The van der Waals surface area contributed by atoms with Gasteiger partial charge < -0.3 is 19.7 Å². The van der Waals surface area contributed by atoms with E-state index in [1.807, 2.05) is 13.8 Å². The fourth-order valence-electron chi connectivity index (χ4n) is 4.07. The van der Waals surface area contributed by atoms with Crippen molar-refractivity contribution in [2.45, 2.75) is 45.2 Å². The van der Waals surface area contributed by atoms with Gasteiger partial charge in [-0.25, -0.2) is 8.42 Å². The highest BCUT2D eigenvalue weighted by atomic mass is 32.2. The number of hydrogen-bond acceptors (Lipinski definition) is 6. The third-order valence-electron chi connectivity index (χ3n) is 6.35. The Balaban J connectivity index is 2.02. The minimum atomic E-state index is -4.13. The molecule has 1 unspecified atom stereocenters. The monoisotopic (exact) mass is 567 g/mol. The van der Waals surface area contributed by atoms with Crippen LogP contribution in [-0.4, -0.2) is 58.0 Å². The molecule has 40 heavy (non-hydrogen) atoms. The largest absolute Gasteiger partial charge is 0.497 e. The molecule has 9 nitrogen and oxygen atoms in total. The standard InChI is InChI=1S/C30H37N3O6S/c1-6-31-30(35)23(4)32(20-24-10-14-26(38-5)15-11-24)29(34)21-33(25-12-16-27(17-13-25)39-7-2)40(36,37)28-18-8-22(3)9-19-28/h8-19,23H,6-7,20-21H2,1-5H3,(H,31,35). The lowest BCUT2D eigenvalue weighted by atomic mass is 10.1. The number of amides is 2. The van der Waals surface area contributed by atoms with Gasteiger partial charge in [-0.3, -0.25) is 13.9 Å². The molecule has 1 atom stereocenters. The van der Waals surface area contributed by atoms with E-state index >= 15 is 0 Å². The molecule has 3 aromatic carbocycles. The van der Waals surface area contributed by atoms with E-state index in [1.165, 1.54) is 17.0 Å². The quantitative estimate of drug-likeness (QED) is 0.333. The molecular formula is C30H37N3O6S. The van der Waals surface area contributed by atoms with Crippen LogP contribution in [0.15, 0.2) is 77.7 Å². The van der Waals surface area contributed by atoms with E-state index in [4.69, 9.17) is 9.47 Å². The van der Waals surface area contributed by atoms with Crippen molar-refractivity contribution in [3.63, 3.8) is 0 Å². The second kappa shape index (κ2) is 13.8. The smallest absolute Gasteiger partial charge is 0.264 e. The van der Waals surface area contributed by atoms with E-state index < -0.39 is 28.5 Å². The molecule has 214 valence electrons. The molecule has 3 aromatic rings. The predicted molar refractivity (Wildman–Crippen MR) is 155 cm³/mol. The van der Waals surface area contributed by atoms with E-state index in [9.17, 15) is 18.0 Å². The number of aryl methyl sites for hydroxylation is 1. The highest BCUT2D eigenvalue weighted by Crippen LogP contribution is 2.27. The maximum atomic E-state index is 13.9. The first-order valence-corrected chi connectivity index (χ1v) is 14.6. The number of likely N-dealkylation sites (N-methyl/N-ethyl adjacent to an activating group) is 1. The van der Waals surface area contributed by atoms with Crippen molar-refractivity contribution in [2.24, 2.45) is 0 Å². The lowest BCUT2D eigenvalue weighted by Crippen LogP contribution is -2.51. The number of nitrogens with one attached hydrogen (secondary N) is 1. The summed E-state index contributed by atoms with van der Waals surface area (Å²) >= 11 is 0. The van der Waals surface area contributed by atoms with Gasteiger partial charge >= 0.3 is 0 Å². The minimum absolute atomic E-state index is 0.0539. The first-order valence-electron chi connectivity index (χ1n) is 13.1. The average Bonchev–Trinajstić information content (AvgIpc) is 2.95. The van der Waals surface area contributed by atoms with Gasteiger partial charge in [-0.1, -0.05) is 29.8 Å². The Morgan fingerprint density at radius 1 is 0.900 bits per heavy atom. The summed E-state index contributed by atoms with van der Waals surface area (Å²) in [5.74, 6) is 0.373. The number of rotatable bonds is 13. The zero-order valence-corrected chi connectivity index (χ0v) is 24.4. The van der Waals surface area contributed by atoms with Crippen LogP contribution in [0.2, 0.25) is 0 Å². The number of benzene rings is 3. The zero-order chi connectivity index (χ0) is 29.3. The zero-order valence-electron chi connectivity index (χ0n) is 23.6. The van der Waals surface area contributed by atoms with Crippen LogP contribution in [0.4, 0.5) is 5.69 Å². The number of anilines is 1. The van der Waals surface area contributed by atoms with Crippen molar-refractivity contribution in [1.29, 1.82) is 0 Å².